The number of thiazole rings is 1. The summed E-state index contributed by atoms with van der Waals surface area (Å²) in [5.74, 6) is 0. The first-order valence-corrected chi connectivity index (χ1v) is 10.7. The molecule has 3 rings (SSSR count). The Morgan fingerprint density at radius 1 is 0.962 bits per heavy atom. The van der Waals surface area contributed by atoms with Gasteiger partial charge in [-0.2, -0.15) is 0 Å². The molecule has 2 N–H and O–H groups in total. The quantitative estimate of drug-likeness (QED) is 0.521. The lowest BCUT2D eigenvalue weighted by atomic mass is 10.3. The third-order valence-corrected chi connectivity index (χ3v) is 6.58. The van der Waals surface area contributed by atoms with Crippen molar-refractivity contribution in [3.63, 3.8) is 0 Å². The van der Waals surface area contributed by atoms with Gasteiger partial charge in [-0.25, -0.2) is 13.4 Å². The van der Waals surface area contributed by atoms with E-state index >= 15 is 0 Å². The number of nitrogens with zero attached hydrogens (tertiary/aromatic N) is 1. The van der Waals surface area contributed by atoms with Crippen molar-refractivity contribution in [2.24, 2.45) is 0 Å². The van der Waals surface area contributed by atoms with Crippen LogP contribution in [0.25, 0.3) is 0 Å². The number of hydrogen-bond acceptors (Lipinski definition) is 5. The molecule has 0 unspecified atom stereocenters. The van der Waals surface area contributed by atoms with Crippen LogP contribution in [0.1, 0.15) is 4.88 Å². The fraction of sp³-hybridized carbons (Fsp3) is 0.0625. The van der Waals surface area contributed by atoms with Crippen LogP contribution < -0.4 is 10.0 Å². The second-order valence-electron chi connectivity index (χ2n) is 5.19. The Labute approximate surface area is 170 Å². The van der Waals surface area contributed by atoms with Gasteiger partial charge in [0.15, 0.2) is 4.47 Å². The molecule has 0 spiro atoms. The SMILES string of the molecule is O=S(=O)(Nc1ccc(Cl)c(Cl)c1)c1ccc(NCc2cnc(Cl)s2)cc1. The summed E-state index contributed by atoms with van der Waals surface area (Å²) in [6.45, 7) is 0.554. The van der Waals surface area contributed by atoms with Crippen molar-refractivity contribution in [2.45, 2.75) is 11.4 Å². The van der Waals surface area contributed by atoms with Crippen molar-refractivity contribution in [3.05, 3.63) is 68.1 Å². The third-order valence-electron chi connectivity index (χ3n) is 3.33. The second kappa shape index (κ2) is 8.02. The molecule has 0 bridgehead atoms. The van der Waals surface area contributed by atoms with Crippen LogP contribution in [0.15, 0.2) is 53.6 Å². The predicted octanol–water partition coefficient (Wildman–Crippen LogP) is 5.52. The van der Waals surface area contributed by atoms with Gasteiger partial charge in [-0.3, -0.25) is 4.72 Å². The zero-order chi connectivity index (χ0) is 18.7. The van der Waals surface area contributed by atoms with Crippen LogP contribution in [0.3, 0.4) is 0 Å². The molecular weight excluding hydrogens is 437 g/mol. The Hall–Kier alpha value is -1.51. The van der Waals surface area contributed by atoms with Gasteiger partial charge in [0.05, 0.1) is 27.2 Å². The van der Waals surface area contributed by atoms with Gasteiger partial charge in [-0.05, 0) is 42.5 Å². The maximum absolute atomic E-state index is 12.5. The minimum atomic E-state index is -3.73. The number of anilines is 2. The van der Waals surface area contributed by atoms with E-state index in [9.17, 15) is 8.42 Å². The first-order valence-electron chi connectivity index (χ1n) is 7.25. The third kappa shape index (κ3) is 4.81. The molecule has 0 radical (unpaired) electrons. The maximum atomic E-state index is 12.5. The Balaban J connectivity index is 1.69. The van der Waals surface area contributed by atoms with Gasteiger partial charge in [0.25, 0.3) is 10.0 Å². The molecule has 0 saturated heterocycles. The summed E-state index contributed by atoms with van der Waals surface area (Å²) >= 11 is 18.9. The molecule has 3 aromatic rings. The number of nitrogens with one attached hydrogen (secondary N) is 2. The molecule has 0 aliphatic rings. The molecule has 1 aromatic heterocycles. The van der Waals surface area contributed by atoms with Gasteiger partial charge in [-0.15, -0.1) is 11.3 Å². The van der Waals surface area contributed by atoms with E-state index in [0.29, 0.717) is 21.7 Å². The number of hydrogen-bond donors (Lipinski definition) is 2. The van der Waals surface area contributed by atoms with Gasteiger partial charge in [-0.1, -0.05) is 34.8 Å². The van der Waals surface area contributed by atoms with Crippen LogP contribution in [0.2, 0.25) is 14.5 Å². The number of aromatic nitrogens is 1. The minimum Gasteiger partial charge on any atom is -0.380 e. The standard InChI is InChI=1S/C16H12Cl3N3O2S2/c17-14-6-3-11(7-15(14)18)22-26(23,24)13-4-1-10(2-5-13)20-8-12-9-21-16(19)25-12/h1-7,9,20,22H,8H2. The molecule has 2 aromatic carbocycles. The van der Waals surface area contributed by atoms with E-state index < -0.39 is 10.0 Å². The average molecular weight is 449 g/mol. The van der Waals surface area contributed by atoms with E-state index in [4.69, 9.17) is 34.8 Å². The van der Waals surface area contributed by atoms with Crippen LogP contribution >= 0.6 is 46.1 Å². The van der Waals surface area contributed by atoms with E-state index in [1.54, 1.807) is 24.4 Å². The highest BCUT2D eigenvalue weighted by atomic mass is 35.5. The molecule has 0 saturated carbocycles. The maximum Gasteiger partial charge on any atom is 0.261 e. The monoisotopic (exact) mass is 447 g/mol. The zero-order valence-corrected chi connectivity index (χ0v) is 16.9. The van der Waals surface area contributed by atoms with Crippen LogP contribution in [0.4, 0.5) is 11.4 Å². The second-order valence-corrected chi connectivity index (χ2v) is 9.39. The van der Waals surface area contributed by atoms with Gasteiger partial charge in [0.1, 0.15) is 0 Å². The van der Waals surface area contributed by atoms with Crippen molar-refractivity contribution in [1.82, 2.24) is 4.98 Å². The molecule has 10 heteroatoms. The fourth-order valence-corrected chi connectivity index (χ4v) is 4.35. The highest BCUT2D eigenvalue weighted by Crippen LogP contribution is 2.27. The van der Waals surface area contributed by atoms with E-state index in [2.05, 4.69) is 15.0 Å². The summed E-state index contributed by atoms with van der Waals surface area (Å²) in [4.78, 5) is 5.08. The smallest absolute Gasteiger partial charge is 0.261 e. The van der Waals surface area contributed by atoms with Gasteiger partial charge in [0.2, 0.25) is 0 Å². The fourth-order valence-electron chi connectivity index (χ4n) is 2.08. The van der Waals surface area contributed by atoms with Crippen molar-refractivity contribution in [1.29, 1.82) is 0 Å². The van der Waals surface area contributed by atoms with Gasteiger partial charge >= 0.3 is 0 Å². The lowest BCUT2D eigenvalue weighted by Gasteiger charge is -2.10. The lowest BCUT2D eigenvalue weighted by molar-refractivity contribution is 0.601. The summed E-state index contributed by atoms with van der Waals surface area (Å²) in [5.41, 5.74) is 1.12. The topological polar surface area (TPSA) is 71.1 Å². The first-order chi connectivity index (χ1) is 12.3. The lowest BCUT2D eigenvalue weighted by Crippen LogP contribution is -2.13. The molecule has 0 amide bonds. The van der Waals surface area contributed by atoms with E-state index in [1.165, 1.54) is 35.6 Å². The van der Waals surface area contributed by atoms with E-state index in [0.717, 1.165) is 10.6 Å². The van der Waals surface area contributed by atoms with Gasteiger partial charge < -0.3 is 5.32 Å². The molecule has 0 fully saturated rings. The Bertz CT molecular complexity index is 1020. The summed E-state index contributed by atoms with van der Waals surface area (Å²) in [7, 11) is -3.73. The summed E-state index contributed by atoms with van der Waals surface area (Å²) < 4.78 is 27.9. The molecular formula is C16H12Cl3N3O2S2. The Morgan fingerprint density at radius 3 is 2.27 bits per heavy atom. The summed E-state index contributed by atoms with van der Waals surface area (Å²) in [6, 6.07) is 10.9. The molecule has 0 aliphatic heterocycles. The van der Waals surface area contributed by atoms with Gasteiger partial charge in [0, 0.05) is 16.8 Å². The number of sulfonamides is 1. The number of rotatable bonds is 6. The molecule has 0 atom stereocenters. The predicted molar refractivity (Wildman–Crippen MR) is 108 cm³/mol. The van der Waals surface area contributed by atoms with Crippen molar-refractivity contribution in [3.8, 4) is 0 Å². The summed E-state index contributed by atoms with van der Waals surface area (Å²) in [6.07, 6.45) is 1.69. The zero-order valence-electron chi connectivity index (χ0n) is 13.0. The van der Waals surface area contributed by atoms with Crippen LogP contribution in [-0.2, 0) is 16.6 Å². The average Bonchev–Trinajstić information content (AvgIpc) is 3.02. The van der Waals surface area contributed by atoms with Crippen molar-refractivity contribution < 1.29 is 8.42 Å². The minimum absolute atomic E-state index is 0.134. The summed E-state index contributed by atoms with van der Waals surface area (Å²) in [5, 5.41) is 3.81. The van der Waals surface area contributed by atoms with E-state index in [-0.39, 0.29) is 9.92 Å². The highest BCUT2D eigenvalue weighted by molar-refractivity contribution is 7.92. The number of halogens is 3. The molecule has 1 heterocycles. The van der Waals surface area contributed by atoms with Crippen LogP contribution in [0, 0.1) is 0 Å². The van der Waals surface area contributed by atoms with Crippen molar-refractivity contribution in [2.75, 3.05) is 10.0 Å². The largest absolute Gasteiger partial charge is 0.380 e. The van der Waals surface area contributed by atoms with Crippen LogP contribution in [-0.4, -0.2) is 13.4 Å². The molecule has 0 aliphatic carbocycles. The highest BCUT2D eigenvalue weighted by Gasteiger charge is 2.14. The van der Waals surface area contributed by atoms with E-state index in [1.807, 2.05) is 0 Å². The Morgan fingerprint density at radius 2 is 1.65 bits per heavy atom. The molecule has 5 nitrogen and oxygen atoms in total. The first kappa shape index (κ1) is 19.3. The molecule has 26 heavy (non-hydrogen) atoms. The van der Waals surface area contributed by atoms with Crippen molar-refractivity contribution >= 4 is 67.5 Å². The Kier molecular flexibility index (Phi) is 5.94. The van der Waals surface area contributed by atoms with Crippen LogP contribution in [0.5, 0.6) is 0 Å². The molecule has 136 valence electrons. The number of benzene rings is 2. The normalized spacial score (nSPS) is 11.3.